The number of rotatable bonds is 3. The first-order valence-electron chi connectivity index (χ1n) is 5.37. The number of carboxylic acid groups (broad SMARTS) is 1. The van der Waals surface area contributed by atoms with E-state index >= 15 is 0 Å². The molecule has 1 heterocycles. The van der Waals surface area contributed by atoms with Gasteiger partial charge in [0, 0.05) is 0 Å². The minimum atomic E-state index is -3.35. The summed E-state index contributed by atoms with van der Waals surface area (Å²) in [7, 11) is -3.35. The molecular weight excluding hydrogens is 340 g/mol. The zero-order valence-corrected chi connectivity index (χ0v) is 12.0. The van der Waals surface area contributed by atoms with Gasteiger partial charge in [0.05, 0.1) is 16.0 Å². The second-order valence-electron chi connectivity index (χ2n) is 4.22. The lowest BCUT2D eigenvalue weighted by Crippen LogP contribution is -2.30. The summed E-state index contributed by atoms with van der Waals surface area (Å²) < 4.78 is 28.5. The maximum atomic E-state index is 11.4. The van der Waals surface area contributed by atoms with Crippen molar-refractivity contribution in [2.75, 3.05) is 11.5 Å². The Labute approximate surface area is 118 Å². The number of aromatic carboxylic acids is 1. The lowest BCUT2D eigenvalue weighted by Gasteiger charge is -2.18. The second-order valence-corrected chi connectivity index (χ2v) is 7.23. The summed E-state index contributed by atoms with van der Waals surface area (Å²) in [6.07, 6.45) is -2.11. The van der Waals surface area contributed by atoms with E-state index in [4.69, 9.17) is 9.84 Å². The molecule has 2 atom stereocenters. The van der Waals surface area contributed by atoms with Crippen LogP contribution in [-0.2, 0) is 9.84 Å². The van der Waals surface area contributed by atoms with E-state index < -0.39 is 28.0 Å². The summed E-state index contributed by atoms with van der Waals surface area (Å²) in [4.78, 5) is 11.1. The first-order chi connectivity index (χ1) is 8.80. The molecule has 1 aromatic carbocycles. The van der Waals surface area contributed by atoms with E-state index in [-0.39, 0.29) is 22.8 Å². The molecule has 104 valence electrons. The van der Waals surface area contributed by atoms with Gasteiger partial charge in [-0.15, -0.1) is 0 Å². The van der Waals surface area contributed by atoms with Gasteiger partial charge >= 0.3 is 5.97 Å². The van der Waals surface area contributed by atoms with Crippen molar-refractivity contribution in [3.63, 3.8) is 0 Å². The van der Waals surface area contributed by atoms with Crippen LogP contribution >= 0.6 is 15.9 Å². The van der Waals surface area contributed by atoms with Crippen molar-refractivity contribution in [2.24, 2.45) is 0 Å². The van der Waals surface area contributed by atoms with Gasteiger partial charge < -0.3 is 14.9 Å². The molecule has 0 aliphatic carbocycles. The van der Waals surface area contributed by atoms with Crippen molar-refractivity contribution in [1.82, 2.24) is 0 Å². The molecule has 1 saturated heterocycles. The van der Waals surface area contributed by atoms with Crippen LogP contribution in [0, 0.1) is 0 Å². The summed E-state index contributed by atoms with van der Waals surface area (Å²) in [5, 5.41) is 18.7. The molecule has 2 unspecified atom stereocenters. The predicted octanol–water partition coefficient (Wildman–Crippen LogP) is 0.684. The second kappa shape index (κ2) is 5.10. The number of aliphatic hydroxyl groups is 1. The zero-order valence-electron chi connectivity index (χ0n) is 9.61. The summed E-state index contributed by atoms with van der Waals surface area (Å²) in [5.74, 6) is -1.86. The van der Waals surface area contributed by atoms with Gasteiger partial charge in [0.15, 0.2) is 9.84 Å². The van der Waals surface area contributed by atoms with E-state index in [0.29, 0.717) is 4.47 Å². The maximum absolute atomic E-state index is 11.4. The third-order valence-electron chi connectivity index (χ3n) is 2.74. The Morgan fingerprint density at radius 2 is 2.05 bits per heavy atom. The summed E-state index contributed by atoms with van der Waals surface area (Å²) in [5.41, 5.74) is -0.0918. The van der Waals surface area contributed by atoms with Gasteiger partial charge in [-0.25, -0.2) is 13.2 Å². The average Bonchev–Trinajstić information content (AvgIpc) is 2.54. The Morgan fingerprint density at radius 3 is 2.58 bits per heavy atom. The number of hydrogen-bond acceptors (Lipinski definition) is 5. The van der Waals surface area contributed by atoms with Crippen LogP contribution in [0.3, 0.4) is 0 Å². The van der Waals surface area contributed by atoms with E-state index in [2.05, 4.69) is 15.9 Å². The van der Waals surface area contributed by atoms with Crippen LogP contribution in [0.4, 0.5) is 0 Å². The van der Waals surface area contributed by atoms with Crippen LogP contribution in [-0.4, -0.2) is 48.3 Å². The fraction of sp³-hybridized carbons (Fsp3) is 0.364. The van der Waals surface area contributed by atoms with Crippen molar-refractivity contribution in [3.05, 3.63) is 28.2 Å². The molecule has 19 heavy (non-hydrogen) atoms. The van der Waals surface area contributed by atoms with Crippen LogP contribution in [0.15, 0.2) is 22.7 Å². The molecule has 2 N–H and O–H groups in total. The Kier molecular flexibility index (Phi) is 3.84. The van der Waals surface area contributed by atoms with Crippen molar-refractivity contribution in [3.8, 4) is 5.75 Å². The smallest absolute Gasteiger partial charge is 0.339 e. The number of benzene rings is 1. The standard InChI is InChI=1S/C11H11BrO6S/c12-7-3-1-2-6(11(14)15)10(7)18-9-5-19(16,17)4-8(9)13/h1-3,8-9,13H,4-5H2,(H,14,15). The zero-order chi connectivity index (χ0) is 14.2. The van der Waals surface area contributed by atoms with E-state index in [1.807, 2.05) is 0 Å². The van der Waals surface area contributed by atoms with Crippen molar-refractivity contribution >= 4 is 31.7 Å². The third kappa shape index (κ3) is 3.07. The number of sulfone groups is 1. The molecule has 0 spiro atoms. The van der Waals surface area contributed by atoms with E-state index in [9.17, 15) is 18.3 Å². The summed E-state index contributed by atoms with van der Waals surface area (Å²) in [6, 6.07) is 4.46. The molecule has 6 nitrogen and oxygen atoms in total. The highest BCUT2D eigenvalue weighted by Gasteiger charge is 2.39. The fourth-order valence-electron chi connectivity index (χ4n) is 1.86. The van der Waals surface area contributed by atoms with Crippen LogP contribution in [0.25, 0.3) is 0 Å². The monoisotopic (exact) mass is 350 g/mol. The SMILES string of the molecule is O=C(O)c1cccc(Br)c1OC1CS(=O)(=O)CC1O. The molecule has 0 radical (unpaired) electrons. The van der Waals surface area contributed by atoms with Gasteiger partial charge in [-0.1, -0.05) is 6.07 Å². The first-order valence-corrected chi connectivity index (χ1v) is 7.98. The van der Waals surface area contributed by atoms with Crippen LogP contribution in [0.2, 0.25) is 0 Å². The highest BCUT2D eigenvalue weighted by molar-refractivity contribution is 9.10. The normalized spacial score (nSPS) is 25.2. The minimum Gasteiger partial charge on any atom is -0.485 e. The highest BCUT2D eigenvalue weighted by Crippen LogP contribution is 2.31. The molecule has 0 saturated carbocycles. The number of aliphatic hydroxyl groups excluding tert-OH is 1. The number of ether oxygens (including phenoxy) is 1. The van der Waals surface area contributed by atoms with Gasteiger partial charge in [-0.3, -0.25) is 0 Å². The van der Waals surface area contributed by atoms with Gasteiger partial charge in [0.25, 0.3) is 0 Å². The number of halogens is 1. The van der Waals surface area contributed by atoms with Crippen molar-refractivity contribution < 1.29 is 28.2 Å². The average molecular weight is 351 g/mol. The highest BCUT2D eigenvalue weighted by atomic mass is 79.9. The molecule has 2 rings (SSSR count). The minimum absolute atomic E-state index is 0.0242. The van der Waals surface area contributed by atoms with E-state index in [1.165, 1.54) is 12.1 Å². The molecule has 1 aliphatic heterocycles. The Balaban J connectivity index is 2.32. The molecule has 8 heteroatoms. The van der Waals surface area contributed by atoms with Crippen LogP contribution in [0.5, 0.6) is 5.75 Å². The fourth-order valence-corrected chi connectivity index (χ4v) is 3.98. The van der Waals surface area contributed by atoms with E-state index in [0.717, 1.165) is 0 Å². The summed E-state index contributed by atoms with van der Waals surface area (Å²) in [6.45, 7) is 0. The molecule has 0 bridgehead atoms. The lowest BCUT2D eigenvalue weighted by atomic mass is 10.2. The molecule has 1 fully saturated rings. The van der Waals surface area contributed by atoms with Crippen LogP contribution < -0.4 is 4.74 Å². The Hall–Kier alpha value is -1.12. The molecule has 1 aliphatic rings. The lowest BCUT2D eigenvalue weighted by molar-refractivity contribution is 0.0633. The predicted molar refractivity (Wildman–Crippen MR) is 70.2 cm³/mol. The molecule has 1 aromatic rings. The quantitative estimate of drug-likeness (QED) is 0.831. The number of carboxylic acids is 1. The van der Waals surface area contributed by atoms with Gasteiger partial charge in [0.1, 0.15) is 23.5 Å². The number of para-hydroxylation sites is 1. The van der Waals surface area contributed by atoms with Crippen LogP contribution in [0.1, 0.15) is 10.4 Å². The first kappa shape index (κ1) is 14.3. The van der Waals surface area contributed by atoms with E-state index in [1.54, 1.807) is 6.07 Å². The Bertz CT molecular complexity index is 612. The van der Waals surface area contributed by atoms with Gasteiger partial charge in [0.2, 0.25) is 0 Å². The van der Waals surface area contributed by atoms with Crippen molar-refractivity contribution in [2.45, 2.75) is 12.2 Å². The number of carbonyl (C=O) groups is 1. The Morgan fingerprint density at radius 1 is 1.37 bits per heavy atom. The molecule has 0 aromatic heterocycles. The maximum Gasteiger partial charge on any atom is 0.339 e. The molecular formula is C11H11BrO6S. The third-order valence-corrected chi connectivity index (χ3v) is 5.05. The number of hydrogen-bond donors (Lipinski definition) is 2. The van der Waals surface area contributed by atoms with Gasteiger partial charge in [-0.05, 0) is 28.1 Å². The van der Waals surface area contributed by atoms with Gasteiger partial charge in [-0.2, -0.15) is 0 Å². The largest absolute Gasteiger partial charge is 0.485 e. The molecule has 0 amide bonds. The summed E-state index contributed by atoms with van der Waals surface area (Å²) >= 11 is 3.15. The van der Waals surface area contributed by atoms with Crippen molar-refractivity contribution in [1.29, 1.82) is 0 Å². The topological polar surface area (TPSA) is 101 Å².